The van der Waals surface area contributed by atoms with Gasteiger partial charge in [-0.1, -0.05) is 11.0 Å². The molecule has 1 aromatic heterocycles. The summed E-state index contributed by atoms with van der Waals surface area (Å²) in [4.78, 5) is 7.35. The van der Waals surface area contributed by atoms with Gasteiger partial charge in [-0.3, -0.25) is 4.84 Å². The second kappa shape index (κ2) is 5.24. The fourth-order valence-electron chi connectivity index (χ4n) is 1.51. The lowest BCUT2D eigenvalue weighted by molar-refractivity contribution is 0.00418. The van der Waals surface area contributed by atoms with Crippen molar-refractivity contribution in [1.82, 2.24) is 10.2 Å². The molecular weight excluding hydrogens is 248 g/mol. The number of hydrogen-bond donors (Lipinski definition) is 2. The minimum absolute atomic E-state index is 0.0801. The number of nitrogens with one attached hydrogen (secondary N) is 2. The molecule has 1 atom stereocenters. The third-order valence-electron chi connectivity index (χ3n) is 2.34. The van der Waals surface area contributed by atoms with Crippen LogP contribution in [0.2, 0.25) is 0 Å². The number of thiophene rings is 1. The molecule has 1 aromatic rings. The summed E-state index contributed by atoms with van der Waals surface area (Å²) < 4.78 is 23.7. The first-order valence-corrected chi connectivity index (χ1v) is 7.46. The summed E-state index contributed by atoms with van der Waals surface area (Å²) in [5.41, 5.74) is 0. The van der Waals surface area contributed by atoms with Crippen LogP contribution in [0.25, 0.3) is 0 Å². The van der Waals surface area contributed by atoms with Crippen LogP contribution in [0.1, 0.15) is 12.8 Å². The van der Waals surface area contributed by atoms with Crippen LogP contribution in [0.3, 0.4) is 0 Å². The first kappa shape index (κ1) is 12.0. The summed E-state index contributed by atoms with van der Waals surface area (Å²) in [5, 5.41) is 4.87. The van der Waals surface area contributed by atoms with Crippen LogP contribution in [0.4, 0.5) is 0 Å². The minimum Gasteiger partial charge on any atom is -0.314 e. The second-order valence-corrected chi connectivity index (χ2v) is 6.42. The SMILES string of the molecule is O=S(=O)(NOC1CCCNC1)c1cccs1. The van der Waals surface area contributed by atoms with Crippen LogP contribution in [0, 0.1) is 0 Å². The fourth-order valence-corrected chi connectivity index (χ4v) is 3.34. The average Bonchev–Trinajstić information content (AvgIpc) is 2.82. The van der Waals surface area contributed by atoms with E-state index in [1.807, 2.05) is 0 Å². The maximum Gasteiger partial charge on any atom is 0.271 e. The molecule has 2 heterocycles. The van der Waals surface area contributed by atoms with Crippen LogP contribution < -0.4 is 10.2 Å². The Morgan fingerprint density at radius 3 is 3.06 bits per heavy atom. The Labute approximate surface area is 98.8 Å². The molecule has 1 unspecified atom stereocenters. The molecule has 16 heavy (non-hydrogen) atoms. The Kier molecular flexibility index (Phi) is 3.93. The Morgan fingerprint density at radius 1 is 1.56 bits per heavy atom. The maximum absolute atomic E-state index is 11.7. The predicted molar refractivity (Wildman–Crippen MR) is 61.6 cm³/mol. The summed E-state index contributed by atoms with van der Waals surface area (Å²) in [7, 11) is -3.50. The minimum atomic E-state index is -3.50. The lowest BCUT2D eigenvalue weighted by Gasteiger charge is -2.22. The highest BCUT2D eigenvalue weighted by Gasteiger charge is 2.19. The van der Waals surface area contributed by atoms with Crippen molar-refractivity contribution >= 4 is 21.4 Å². The van der Waals surface area contributed by atoms with Gasteiger partial charge in [-0.25, -0.2) is 8.42 Å². The van der Waals surface area contributed by atoms with Crippen molar-refractivity contribution in [1.29, 1.82) is 0 Å². The van der Waals surface area contributed by atoms with Gasteiger partial charge in [-0.2, -0.15) is 0 Å². The van der Waals surface area contributed by atoms with Gasteiger partial charge in [0.25, 0.3) is 10.0 Å². The van der Waals surface area contributed by atoms with Gasteiger partial charge >= 0.3 is 0 Å². The highest BCUT2D eigenvalue weighted by atomic mass is 32.2. The van der Waals surface area contributed by atoms with E-state index in [0.29, 0.717) is 6.54 Å². The molecular formula is C9H14N2O3S2. The number of piperidine rings is 1. The van der Waals surface area contributed by atoms with E-state index in [1.54, 1.807) is 17.5 Å². The van der Waals surface area contributed by atoms with Crippen LogP contribution in [0.15, 0.2) is 21.7 Å². The Balaban J connectivity index is 1.89. The van der Waals surface area contributed by atoms with Gasteiger partial charge in [0, 0.05) is 6.54 Å². The molecule has 0 aliphatic carbocycles. The van der Waals surface area contributed by atoms with E-state index in [2.05, 4.69) is 10.2 Å². The molecule has 0 radical (unpaired) electrons. The Morgan fingerprint density at radius 2 is 2.44 bits per heavy atom. The quantitative estimate of drug-likeness (QED) is 0.784. The van der Waals surface area contributed by atoms with Gasteiger partial charge in [0.05, 0.1) is 6.10 Å². The van der Waals surface area contributed by atoms with E-state index in [-0.39, 0.29) is 10.3 Å². The van der Waals surface area contributed by atoms with Gasteiger partial charge in [-0.05, 0) is 30.8 Å². The van der Waals surface area contributed by atoms with E-state index >= 15 is 0 Å². The number of sulfonamides is 1. The van der Waals surface area contributed by atoms with E-state index in [4.69, 9.17) is 4.84 Å². The van der Waals surface area contributed by atoms with E-state index in [1.165, 1.54) is 11.3 Å². The molecule has 0 aromatic carbocycles. The molecule has 5 nitrogen and oxygen atoms in total. The van der Waals surface area contributed by atoms with Crippen LogP contribution in [0.5, 0.6) is 0 Å². The molecule has 2 N–H and O–H groups in total. The van der Waals surface area contributed by atoms with Crippen molar-refractivity contribution in [2.24, 2.45) is 0 Å². The summed E-state index contributed by atoms with van der Waals surface area (Å²) in [6.45, 7) is 1.66. The molecule has 1 aliphatic rings. The normalized spacial score (nSPS) is 22.1. The van der Waals surface area contributed by atoms with Crippen LogP contribution in [-0.2, 0) is 14.9 Å². The first-order chi connectivity index (χ1) is 7.68. The molecule has 0 spiro atoms. The zero-order chi connectivity index (χ0) is 11.4. The summed E-state index contributed by atoms with van der Waals surface area (Å²) in [5.74, 6) is 0. The average molecular weight is 262 g/mol. The molecule has 0 bridgehead atoms. The number of hydrogen-bond acceptors (Lipinski definition) is 5. The zero-order valence-corrected chi connectivity index (χ0v) is 10.3. The van der Waals surface area contributed by atoms with Gasteiger partial charge in [-0.15, -0.1) is 11.3 Å². The molecule has 7 heteroatoms. The molecule has 1 fully saturated rings. The highest BCUT2D eigenvalue weighted by Crippen LogP contribution is 2.16. The first-order valence-electron chi connectivity index (χ1n) is 5.10. The number of rotatable bonds is 4. The fraction of sp³-hybridized carbons (Fsp3) is 0.556. The van der Waals surface area contributed by atoms with Crippen LogP contribution in [-0.4, -0.2) is 27.6 Å². The summed E-state index contributed by atoms with van der Waals surface area (Å²) in [6, 6.07) is 3.25. The summed E-state index contributed by atoms with van der Waals surface area (Å²) >= 11 is 1.17. The van der Waals surface area contributed by atoms with E-state index < -0.39 is 10.0 Å². The maximum atomic E-state index is 11.7. The lowest BCUT2D eigenvalue weighted by atomic mass is 10.1. The third kappa shape index (κ3) is 3.02. The topological polar surface area (TPSA) is 67.4 Å². The van der Waals surface area contributed by atoms with Crippen molar-refractivity contribution in [3.05, 3.63) is 17.5 Å². The largest absolute Gasteiger partial charge is 0.314 e. The van der Waals surface area contributed by atoms with Crippen molar-refractivity contribution < 1.29 is 13.3 Å². The predicted octanol–water partition coefficient (Wildman–Crippen LogP) is 0.710. The Hall–Kier alpha value is -0.470. The molecule has 0 amide bonds. The second-order valence-electron chi connectivity index (χ2n) is 3.61. The molecule has 1 saturated heterocycles. The van der Waals surface area contributed by atoms with E-state index in [9.17, 15) is 8.42 Å². The standard InChI is InChI=1S/C9H14N2O3S2/c12-16(13,9-4-2-6-15-9)11-14-8-3-1-5-10-7-8/h2,4,6,8,10-11H,1,3,5,7H2. The molecule has 90 valence electrons. The van der Waals surface area contributed by atoms with Gasteiger partial charge in [0.15, 0.2) is 0 Å². The van der Waals surface area contributed by atoms with Gasteiger partial charge < -0.3 is 5.32 Å². The highest BCUT2D eigenvalue weighted by molar-refractivity contribution is 7.91. The molecule has 0 saturated carbocycles. The van der Waals surface area contributed by atoms with Crippen LogP contribution >= 0.6 is 11.3 Å². The monoisotopic (exact) mass is 262 g/mol. The van der Waals surface area contributed by atoms with Gasteiger partial charge in [0.1, 0.15) is 4.21 Å². The smallest absolute Gasteiger partial charge is 0.271 e. The molecule has 2 rings (SSSR count). The van der Waals surface area contributed by atoms with Crippen molar-refractivity contribution in [2.75, 3.05) is 13.1 Å². The van der Waals surface area contributed by atoms with E-state index in [0.717, 1.165) is 19.4 Å². The van der Waals surface area contributed by atoms with Crippen molar-refractivity contribution in [3.63, 3.8) is 0 Å². The van der Waals surface area contributed by atoms with Crippen molar-refractivity contribution in [3.8, 4) is 0 Å². The van der Waals surface area contributed by atoms with Crippen molar-refractivity contribution in [2.45, 2.75) is 23.2 Å². The lowest BCUT2D eigenvalue weighted by Crippen LogP contribution is -2.39. The van der Waals surface area contributed by atoms with Gasteiger partial charge in [0.2, 0.25) is 0 Å². The zero-order valence-electron chi connectivity index (χ0n) is 8.68. The molecule has 1 aliphatic heterocycles. The Bertz CT molecular complexity index is 410. The summed E-state index contributed by atoms with van der Waals surface area (Å²) in [6.07, 6.45) is 1.80. The third-order valence-corrected chi connectivity index (χ3v) is 4.93.